The van der Waals surface area contributed by atoms with Crippen molar-refractivity contribution in [1.29, 1.82) is 0 Å². The van der Waals surface area contributed by atoms with E-state index in [2.05, 4.69) is 12.2 Å². The minimum Gasteiger partial charge on any atom is -0.490 e. The number of carbonyl (C=O) groups excluding carboxylic acids is 1. The number of unbranched alkanes of at least 4 members (excludes halogenated alkanes) is 1. The summed E-state index contributed by atoms with van der Waals surface area (Å²) in [6, 6.07) is 12.9. The quantitative estimate of drug-likeness (QED) is 0.141. The summed E-state index contributed by atoms with van der Waals surface area (Å²) in [5.41, 5.74) is 2.96. The summed E-state index contributed by atoms with van der Waals surface area (Å²) in [6.45, 7) is 10.6. The largest absolute Gasteiger partial charge is 0.490 e. The van der Waals surface area contributed by atoms with E-state index in [9.17, 15) is 4.79 Å². The number of hydrogen-bond donors (Lipinski definition) is 1. The van der Waals surface area contributed by atoms with Crippen LogP contribution in [-0.2, 0) is 15.3 Å². The van der Waals surface area contributed by atoms with Gasteiger partial charge in [-0.15, -0.1) is 5.10 Å². The predicted octanol–water partition coefficient (Wildman–Crippen LogP) is 7.04. The smallest absolute Gasteiger partial charge is 0.338 e. The van der Waals surface area contributed by atoms with Crippen molar-refractivity contribution in [3.05, 3.63) is 69.9 Å². The van der Waals surface area contributed by atoms with Crippen LogP contribution >= 0.6 is 23.4 Å². The zero-order valence-electron chi connectivity index (χ0n) is 23.0. The molecule has 10 heteroatoms. The number of rotatable bonds is 12. The first-order chi connectivity index (χ1) is 18.8. The number of hydrogen-bond acceptors (Lipinski definition) is 8. The molecule has 0 saturated heterocycles. The van der Waals surface area contributed by atoms with Crippen LogP contribution in [0.4, 0.5) is 5.95 Å². The number of thioether (sulfide) groups is 1. The maximum atomic E-state index is 13.4. The second kappa shape index (κ2) is 13.3. The van der Waals surface area contributed by atoms with Gasteiger partial charge in [0.1, 0.15) is 6.04 Å². The van der Waals surface area contributed by atoms with Gasteiger partial charge in [0, 0.05) is 16.5 Å². The number of aromatic nitrogens is 3. The lowest BCUT2D eigenvalue weighted by molar-refractivity contribution is -0.139. The summed E-state index contributed by atoms with van der Waals surface area (Å²) in [4.78, 5) is 18.1. The van der Waals surface area contributed by atoms with Crippen molar-refractivity contribution in [3.63, 3.8) is 0 Å². The van der Waals surface area contributed by atoms with E-state index in [1.165, 1.54) is 11.8 Å². The van der Waals surface area contributed by atoms with Crippen LogP contribution in [0.25, 0.3) is 0 Å². The SMILES string of the molecule is CCCCOC(=O)C1=C(C)Nc2nc(SCc3ccccc3Cl)nn2C1c1ccc(OC(C)C)c(OCC)c1. The fourth-order valence-corrected chi connectivity index (χ4v) is 5.34. The minimum absolute atomic E-state index is 0.0141. The summed E-state index contributed by atoms with van der Waals surface area (Å²) >= 11 is 7.83. The Hall–Kier alpha value is -3.17. The van der Waals surface area contributed by atoms with Crippen LogP contribution in [0, 0.1) is 0 Å². The highest BCUT2D eigenvalue weighted by Gasteiger charge is 2.36. The van der Waals surface area contributed by atoms with Crippen molar-refractivity contribution < 1.29 is 19.0 Å². The van der Waals surface area contributed by atoms with Gasteiger partial charge in [0.15, 0.2) is 11.5 Å². The number of benzene rings is 2. The van der Waals surface area contributed by atoms with Gasteiger partial charge in [0.2, 0.25) is 11.1 Å². The fraction of sp³-hybridized carbons (Fsp3) is 0.414. The van der Waals surface area contributed by atoms with Gasteiger partial charge in [-0.2, -0.15) is 4.98 Å². The second-order valence-electron chi connectivity index (χ2n) is 9.40. The Labute approximate surface area is 239 Å². The number of carbonyl (C=O) groups is 1. The van der Waals surface area contributed by atoms with E-state index in [1.807, 2.05) is 70.2 Å². The Kier molecular flexibility index (Phi) is 9.80. The standard InChI is InChI=1S/C29H35ClN4O4S/c1-6-8-15-37-27(35)25-19(5)31-28-32-29(39-17-21-11-9-10-12-22(21)30)33-34(28)26(25)20-13-14-23(38-18(3)4)24(16-20)36-7-2/h9-14,16,18,26H,6-8,15,17H2,1-5H3,(H,31,32,33). The lowest BCUT2D eigenvalue weighted by Crippen LogP contribution is -2.30. The number of nitrogens with zero attached hydrogens (tertiary/aromatic N) is 3. The van der Waals surface area contributed by atoms with Crippen LogP contribution in [0.1, 0.15) is 64.6 Å². The van der Waals surface area contributed by atoms with Crippen molar-refractivity contribution in [3.8, 4) is 11.5 Å². The normalized spacial score (nSPS) is 14.7. The molecule has 0 saturated carbocycles. The molecule has 8 nitrogen and oxygen atoms in total. The number of fused-ring (bicyclic) bond motifs is 1. The molecule has 39 heavy (non-hydrogen) atoms. The first kappa shape index (κ1) is 28.8. The summed E-state index contributed by atoms with van der Waals surface area (Å²) in [7, 11) is 0. The fourth-order valence-electron chi connectivity index (χ4n) is 4.22. The molecular weight excluding hydrogens is 536 g/mol. The molecule has 1 aromatic heterocycles. The molecule has 0 spiro atoms. The van der Waals surface area contributed by atoms with E-state index >= 15 is 0 Å². The van der Waals surface area contributed by atoms with Crippen molar-refractivity contribution in [2.45, 2.75) is 70.5 Å². The number of anilines is 1. The van der Waals surface area contributed by atoms with Gasteiger partial charge in [-0.25, -0.2) is 9.48 Å². The molecule has 3 aromatic rings. The number of allylic oxidation sites excluding steroid dienone is 1. The second-order valence-corrected chi connectivity index (χ2v) is 10.8. The Morgan fingerprint density at radius 3 is 2.69 bits per heavy atom. The highest BCUT2D eigenvalue weighted by atomic mass is 35.5. The van der Waals surface area contributed by atoms with E-state index in [4.69, 9.17) is 35.9 Å². The summed E-state index contributed by atoms with van der Waals surface area (Å²) in [5, 5.41) is 9.34. The molecule has 0 bridgehead atoms. The van der Waals surface area contributed by atoms with Crippen LogP contribution in [0.5, 0.6) is 11.5 Å². The molecule has 1 unspecified atom stereocenters. The van der Waals surface area contributed by atoms with Gasteiger partial charge >= 0.3 is 5.97 Å². The first-order valence-corrected chi connectivity index (χ1v) is 14.6. The van der Waals surface area contributed by atoms with Crippen LogP contribution in [0.15, 0.2) is 58.9 Å². The van der Waals surface area contributed by atoms with Gasteiger partial charge in [0.25, 0.3) is 0 Å². The molecule has 1 aliphatic rings. The van der Waals surface area contributed by atoms with Gasteiger partial charge in [-0.3, -0.25) is 0 Å². The zero-order valence-corrected chi connectivity index (χ0v) is 24.6. The van der Waals surface area contributed by atoms with Crippen LogP contribution < -0.4 is 14.8 Å². The lowest BCUT2D eigenvalue weighted by atomic mass is 9.95. The third kappa shape index (κ3) is 6.89. The topological polar surface area (TPSA) is 87.5 Å². The maximum absolute atomic E-state index is 13.4. The van der Waals surface area contributed by atoms with Gasteiger partial charge in [-0.05, 0) is 63.4 Å². The van der Waals surface area contributed by atoms with Crippen LogP contribution in [0.2, 0.25) is 5.02 Å². The number of ether oxygens (including phenoxy) is 3. The van der Waals surface area contributed by atoms with Crippen molar-refractivity contribution in [2.24, 2.45) is 0 Å². The zero-order chi connectivity index (χ0) is 27.9. The van der Waals surface area contributed by atoms with Gasteiger partial charge < -0.3 is 19.5 Å². The Morgan fingerprint density at radius 2 is 1.97 bits per heavy atom. The minimum atomic E-state index is -0.565. The molecule has 208 valence electrons. The molecule has 0 radical (unpaired) electrons. The average Bonchev–Trinajstić information content (AvgIpc) is 3.30. The highest BCUT2D eigenvalue weighted by molar-refractivity contribution is 7.98. The third-order valence-electron chi connectivity index (χ3n) is 6.04. The number of halogens is 1. The molecule has 0 amide bonds. The molecule has 2 aromatic carbocycles. The predicted molar refractivity (Wildman–Crippen MR) is 155 cm³/mol. The van der Waals surface area contributed by atoms with Crippen molar-refractivity contribution in [2.75, 3.05) is 18.5 Å². The maximum Gasteiger partial charge on any atom is 0.338 e. The Morgan fingerprint density at radius 1 is 1.18 bits per heavy atom. The molecule has 0 aliphatic carbocycles. The summed E-state index contributed by atoms with van der Waals surface area (Å²) in [5.74, 6) is 2.03. The number of nitrogens with one attached hydrogen (secondary N) is 1. The van der Waals surface area contributed by atoms with Crippen LogP contribution in [0.3, 0.4) is 0 Å². The van der Waals surface area contributed by atoms with Gasteiger partial charge in [-0.1, -0.05) is 61.0 Å². The number of esters is 1. The summed E-state index contributed by atoms with van der Waals surface area (Å²) in [6.07, 6.45) is 1.71. The summed E-state index contributed by atoms with van der Waals surface area (Å²) < 4.78 is 19.3. The van der Waals surface area contributed by atoms with E-state index in [-0.39, 0.29) is 12.1 Å². The van der Waals surface area contributed by atoms with E-state index in [1.54, 1.807) is 4.68 Å². The van der Waals surface area contributed by atoms with Crippen molar-refractivity contribution in [1.82, 2.24) is 14.8 Å². The van der Waals surface area contributed by atoms with E-state index < -0.39 is 6.04 Å². The lowest BCUT2D eigenvalue weighted by Gasteiger charge is -2.28. The molecule has 2 heterocycles. The first-order valence-electron chi connectivity index (χ1n) is 13.2. The molecule has 1 N–H and O–H groups in total. The van der Waals surface area contributed by atoms with Crippen LogP contribution in [-0.4, -0.2) is 40.1 Å². The molecular formula is C29H35ClN4O4S. The molecule has 1 aliphatic heterocycles. The van der Waals surface area contributed by atoms with E-state index in [0.29, 0.717) is 57.9 Å². The van der Waals surface area contributed by atoms with Gasteiger partial charge in [0.05, 0.1) is 24.9 Å². The monoisotopic (exact) mass is 570 g/mol. The Balaban J connectivity index is 1.73. The van der Waals surface area contributed by atoms with Crippen molar-refractivity contribution >= 4 is 35.3 Å². The highest BCUT2D eigenvalue weighted by Crippen LogP contribution is 2.40. The third-order valence-corrected chi connectivity index (χ3v) is 7.30. The molecule has 4 rings (SSSR count). The molecule has 0 fully saturated rings. The van der Waals surface area contributed by atoms with E-state index in [0.717, 1.165) is 24.0 Å². The average molecular weight is 571 g/mol. The Bertz CT molecular complexity index is 1340. The molecule has 1 atom stereocenters.